The predicted molar refractivity (Wildman–Crippen MR) is 146 cm³/mol. The van der Waals surface area contributed by atoms with Crippen LogP contribution in [-0.2, 0) is 4.74 Å². The minimum atomic E-state index is -0.639. The number of carbonyl (C=O) groups excluding carboxylic acids is 2. The van der Waals surface area contributed by atoms with Crippen LogP contribution in [0.1, 0.15) is 59.1 Å². The van der Waals surface area contributed by atoms with Crippen LogP contribution in [0.4, 0.5) is 30.0 Å². The number of carbonyl (C=O) groups is 2. The van der Waals surface area contributed by atoms with Crippen LogP contribution in [0, 0.1) is 11.6 Å². The second-order valence-corrected chi connectivity index (χ2v) is 11.9. The molecule has 0 aliphatic carbocycles. The summed E-state index contributed by atoms with van der Waals surface area (Å²) in [5.74, 6) is 0.00667. The van der Waals surface area contributed by atoms with E-state index in [0.717, 1.165) is 18.6 Å². The first-order chi connectivity index (χ1) is 18.8. The number of piperazine rings is 1. The Labute approximate surface area is 231 Å². The number of rotatable bonds is 3. The minimum Gasteiger partial charge on any atom is -0.444 e. The van der Waals surface area contributed by atoms with Crippen molar-refractivity contribution in [2.75, 3.05) is 36.4 Å². The molecular formula is C28H35F2N7O3. The van der Waals surface area contributed by atoms with Gasteiger partial charge in [-0.25, -0.2) is 23.4 Å². The lowest BCUT2D eigenvalue weighted by Gasteiger charge is -2.46. The van der Waals surface area contributed by atoms with Crippen LogP contribution in [0.25, 0.3) is 5.65 Å². The van der Waals surface area contributed by atoms with Gasteiger partial charge in [0.05, 0.1) is 17.8 Å². The predicted octanol–water partition coefficient (Wildman–Crippen LogP) is 5.21. The van der Waals surface area contributed by atoms with Crippen molar-refractivity contribution in [2.24, 2.45) is 0 Å². The second kappa shape index (κ2) is 10.2. The average Bonchev–Trinajstić information content (AvgIpc) is 3.51. The smallest absolute Gasteiger partial charge is 0.410 e. The topological polar surface area (TPSA) is 95.3 Å². The molecule has 2 saturated heterocycles. The molecule has 2 fully saturated rings. The van der Waals surface area contributed by atoms with E-state index >= 15 is 0 Å². The average molecular weight is 556 g/mol. The van der Waals surface area contributed by atoms with E-state index in [9.17, 15) is 18.4 Å². The van der Waals surface area contributed by atoms with Crippen LogP contribution in [0.5, 0.6) is 0 Å². The Balaban J connectivity index is 1.32. The molecule has 3 aromatic rings. The Hall–Kier alpha value is -3.96. The van der Waals surface area contributed by atoms with Crippen molar-refractivity contribution < 1.29 is 23.1 Å². The van der Waals surface area contributed by atoms with Gasteiger partial charge in [0.1, 0.15) is 23.1 Å². The van der Waals surface area contributed by atoms with Gasteiger partial charge >= 0.3 is 12.1 Å². The van der Waals surface area contributed by atoms with Crippen LogP contribution >= 0.6 is 0 Å². The molecule has 1 aromatic carbocycles. The quantitative estimate of drug-likeness (QED) is 0.477. The summed E-state index contributed by atoms with van der Waals surface area (Å²) in [5, 5.41) is 7.60. The van der Waals surface area contributed by atoms with Crippen LogP contribution in [-0.4, -0.2) is 73.8 Å². The molecule has 5 rings (SSSR count). The van der Waals surface area contributed by atoms with Crippen LogP contribution < -0.4 is 10.2 Å². The fourth-order valence-electron chi connectivity index (χ4n) is 5.41. The lowest BCUT2D eigenvalue weighted by molar-refractivity contribution is -0.0160. The van der Waals surface area contributed by atoms with Crippen molar-refractivity contribution in [1.82, 2.24) is 24.4 Å². The largest absolute Gasteiger partial charge is 0.444 e. The van der Waals surface area contributed by atoms with E-state index in [1.54, 1.807) is 21.9 Å². The zero-order valence-electron chi connectivity index (χ0n) is 23.4. The third kappa shape index (κ3) is 5.52. The van der Waals surface area contributed by atoms with E-state index in [-0.39, 0.29) is 12.1 Å². The fourth-order valence-corrected chi connectivity index (χ4v) is 5.41. The summed E-state index contributed by atoms with van der Waals surface area (Å²) < 4.78 is 35.6. The van der Waals surface area contributed by atoms with E-state index in [1.807, 2.05) is 39.5 Å². The molecule has 0 unspecified atom stereocenters. The number of nitrogens with zero attached hydrogens (tertiary/aromatic N) is 6. The van der Waals surface area contributed by atoms with Gasteiger partial charge in [-0.1, -0.05) is 0 Å². The normalized spacial score (nSPS) is 19.3. The van der Waals surface area contributed by atoms with Gasteiger partial charge in [-0.2, -0.15) is 4.52 Å². The number of nitrogens with one attached hydrogen (secondary N) is 1. The Morgan fingerprint density at radius 2 is 1.88 bits per heavy atom. The van der Waals surface area contributed by atoms with Crippen molar-refractivity contribution >= 4 is 29.4 Å². The summed E-state index contributed by atoms with van der Waals surface area (Å²) in [6, 6.07) is 6.37. The molecule has 2 aromatic heterocycles. The summed E-state index contributed by atoms with van der Waals surface area (Å²) in [4.78, 5) is 35.6. The molecule has 40 heavy (non-hydrogen) atoms. The van der Waals surface area contributed by atoms with E-state index in [0.29, 0.717) is 55.4 Å². The molecule has 1 N–H and O–H groups in total. The lowest BCUT2D eigenvalue weighted by Crippen LogP contribution is -2.63. The Morgan fingerprint density at radius 3 is 2.60 bits per heavy atom. The zero-order valence-corrected chi connectivity index (χ0v) is 23.4. The number of ether oxygens (including phenoxy) is 1. The van der Waals surface area contributed by atoms with Gasteiger partial charge < -0.3 is 14.5 Å². The maximum absolute atomic E-state index is 14.6. The third-order valence-electron chi connectivity index (χ3n) is 7.25. The molecule has 0 saturated carbocycles. The maximum Gasteiger partial charge on any atom is 0.410 e. The van der Waals surface area contributed by atoms with Crippen LogP contribution in [0.15, 0.2) is 36.5 Å². The van der Waals surface area contributed by atoms with Crippen molar-refractivity contribution in [1.29, 1.82) is 0 Å². The summed E-state index contributed by atoms with van der Waals surface area (Å²) in [6.45, 7) is 10.9. The first kappa shape index (κ1) is 27.6. The second-order valence-electron chi connectivity index (χ2n) is 11.9. The molecule has 0 radical (unpaired) electrons. The first-order valence-corrected chi connectivity index (χ1v) is 13.5. The molecule has 12 heteroatoms. The summed E-state index contributed by atoms with van der Waals surface area (Å²) in [6.07, 6.45) is 2.59. The molecular weight excluding hydrogens is 520 g/mol. The third-order valence-corrected chi connectivity index (χ3v) is 7.25. The Kier molecular flexibility index (Phi) is 7.05. The van der Waals surface area contributed by atoms with E-state index in [4.69, 9.17) is 9.84 Å². The van der Waals surface area contributed by atoms with Crippen molar-refractivity contribution in [3.05, 3.63) is 53.7 Å². The molecule has 2 aliphatic rings. The zero-order chi connectivity index (χ0) is 28.8. The molecule has 0 bridgehead atoms. The van der Waals surface area contributed by atoms with Gasteiger partial charge in [0, 0.05) is 31.7 Å². The lowest BCUT2D eigenvalue weighted by atomic mass is 9.99. The molecule has 10 nitrogen and oxygen atoms in total. The number of urea groups is 1. The molecule has 3 amide bonds. The summed E-state index contributed by atoms with van der Waals surface area (Å²) in [5.41, 5.74) is -0.426. The van der Waals surface area contributed by atoms with Crippen molar-refractivity contribution in [3.8, 4) is 0 Å². The van der Waals surface area contributed by atoms with Crippen molar-refractivity contribution in [2.45, 2.75) is 64.6 Å². The number of amides is 3. The number of benzene rings is 1. The number of aromatic nitrogens is 3. The molecule has 214 valence electrons. The monoisotopic (exact) mass is 555 g/mol. The highest BCUT2D eigenvalue weighted by Gasteiger charge is 2.40. The first-order valence-electron chi connectivity index (χ1n) is 13.5. The van der Waals surface area contributed by atoms with Crippen LogP contribution in [0.3, 0.4) is 0 Å². The highest BCUT2D eigenvalue weighted by atomic mass is 19.1. The standard InChI is InChI=1S/C28H35F2N7O3/c1-27(2,3)40-26(39)36-14-13-34(17-28(36,4)5)25(38)32-24-16-31-22-10-11-23(33-37(22)24)35-12-6-7-21(35)19-15-18(29)8-9-20(19)30/h8-11,15-16,21H,6-7,12-14,17H2,1-5H3,(H,32,38)/t21-/m1/s1. The van der Waals surface area contributed by atoms with E-state index in [1.165, 1.54) is 16.8 Å². The highest BCUT2D eigenvalue weighted by molar-refractivity contribution is 5.89. The van der Waals surface area contributed by atoms with Gasteiger partial charge in [0.25, 0.3) is 0 Å². The Bertz CT molecular complexity index is 1440. The maximum atomic E-state index is 14.6. The van der Waals surface area contributed by atoms with E-state index < -0.39 is 28.9 Å². The molecule has 0 spiro atoms. The number of hydrogen-bond acceptors (Lipinski definition) is 6. The van der Waals surface area contributed by atoms with Gasteiger partial charge in [-0.15, -0.1) is 5.10 Å². The summed E-state index contributed by atoms with van der Waals surface area (Å²) in [7, 11) is 0. The molecule has 1 atom stereocenters. The number of halogens is 2. The van der Waals surface area contributed by atoms with Gasteiger partial charge in [0.15, 0.2) is 11.5 Å². The fraction of sp³-hybridized carbons (Fsp3) is 0.500. The Morgan fingerprint density at radius 1 is 1.10 bits per heavy atom. The molecule has 2 aliphatic heterocycles. The van der Waals surface area contributed by atoms with E-state index in [2.05, 4.69) is 10.3 Å². The van der Waals surface area contributed by atoms with Crippen molar-refractivity contribution in [3.63, 3.8) is 0 Å². The highest BCUT2D eigenvalue weighted by Crippen LogP contribution is 2.37. The number of fused-ring (bicyclic) bond motifs is 1. The van der Waals surface area contributed by atoms with Gasteiger partial charge in [-0.05, 0) is 77.8 Å². The van der Waals surface area contributed by atoms with Crippen LogP contribution in [0.2, 0.25) is 0 Å². The summed E-state index contributed by atoms with van der Waals surface area (Å²) >= 11 is 0. The number of hydrogen-bond donors (Lipinski definition) is 1. The number of imidazole rings is 1. The van der Waals surface area contributed by atoms with Gasteiger partial charge in [0.2, 0.25) is 0 Å². The number of anilines is 2. The SMILES string of the molecule is CC(C)(C)OC(=O)N1CCN(C(=O)Nc2cnc3ccc(N4CCC[C@@H]4c4cc(F)ccc4F)nn23)CC1(C)C. The molecule has 4 heterocycles. The minimum absolute atomic E-state index is 0.298. The van der Waals surface area contributed by atoms with Gasteiger partial charge in [-0.3, -0.25) is 10.2 Å².